The highest BCUT2D eigenvalue weighted by atomic mass is 16.5. The van der Waals surface area contributed by atoms with Crippen molar-refractivity contribution in [2.75, 3.05) is 7.11 Å². The van der Waals surface area contributed by atoms with Gasteiger partial charge in [0, 0.05) is 0 Å². The lowest BCUT2D eigenvalue weighted by Crippen LogP contribution is -2.15. The number of hydrogen-bond donors (Lipinski definition) is 0. The Labute approximate surface area is 93.0 Å². The second-order valence-electron chi connectivity index (χ2n) is 3.58. The highest BCUT2D eigenvalue weighted by molar-refractivity contribution is 5.72. The number of allylic oxidation sites excluding steroid dienone is 3. The number of methoxy groups -OCH3 is 1. The van der Waals surface area contributed by atoms with E-state index in [9.17, 15) is 4.79 Å². The number of unbranched alkanes of at least 4 members (excludes halogenated alkanes) is 2. The van der Waals surface area contributed by atoms with Gasteiger partial charge in [0.05, 0.1) is 13.0 Å². The summed E-state index contributed by atoms with van der Waals surface area (Å²) in [6.07, 6.45) is 10.9. The maximum atomic E-state index is 11.3. The Kier molecular flexibility index (Phi) is 8.84. The van der Waals surface area contributed by atoms with Gasteiger partial charge in [-0.25, -0.2) is 0 Å². The van der Waals surface area contributed by atoms with Crippen molar-refractivity contribution in [1.82, 2.24) is 0 Å². The predicted molar refractivity (Wildman–Crippen MR) is 63.6 cm³/mol. The minimum Gasteiger partial charge on any atom is -0.469 e. The first-order chi connectivity index (χ1) is 7.26. The molecule has 0 amide bonds. The Hall–Kier alpha value is -1.05. The Morgan fingerprint density at radius 2 is 2.20 bits per heavy atom. The topological polar surface area (TPSA) is 26.3 Å². The van der Waals surface area contributed by atoms with Crippen molar-refractivity contribution in [3.63, 3.8) is 0 Å². The molecule has 15 heavy (non-hydrogen) atoms. The quantitative estimate of drug-likeness (QED) is 0.348. The lowest BCUT2D eigenvalue weighted by Gasteiger charge is -2.11. The molecular formula is C13H22O2. The zero-order chi connectivity index (χ0) is 11.5. The first-order valence-electron chi connectivity index (χ1n) is 5.61. The average Bonchev–Trinajstić information content (AvgIpc) is 2.27. The number of ether oxygens (including phenoxy) is 1. The summed E-state index contributed by atoms with van der Waals surface area (Å²) in [7, 11) is 1.46. The van der Waals surface area contributed by atoms with Crippen LogP contribution in [-0.2, 0) is 9.53 Å². The van der Waals surface area contributed by atoms with Crippen LogP contribution in [0.2, 0.25) is 0 Å². The SMILES string of the molecule is C=CC=CCCCCC(CC)C(=O)OC. The smallest absolute Gasteiger partial charge is 0.308 e. The number of esters is 1. The summed E-state index contributed by atoms with van der Waals surface area (Å²) in [6, 6.07) is 0. The minimum atomic E-state index is -0.0702. The van der Waals surface area contributed by atoms with Crippen LogP contribution in [0.1, 0.15) is 39.0 Å². The van der Waals surface area contributed by atoms with Crippen molar-refractivity contribution in [3.05, 3.63) is 24.8 Å². The maximum absolute atomic E-state index is 11.3. The van der Waals surface area contributed by atoms with Gasteiger partial charge in [0.1, 0.15) is 0 Å². The van der Waals surface area contributed by atoms with E-state index < -0.39 is 0 Å². The molecule has 0 aliphatic rings. The summed E-state index contributed by atoms with van der Waals surface area (Å²) >= 11 is 0. The third kappa shape index (κ3) is 6.95. The molecule has 2 heteroatoms. The van der Waals surface area contributed by atoms with E-state index in [2.05, 4.69) is 12.7 Å². The monoisotopic (exact) mass is 210 g/mol. The fourth-order valence-corrected chi connectivity index (χ4v) is 1.50. The van der Waals surface area contributed by atoms with Crippen molar-refractivity contribution in [1.29, 1.82) is 0 Å². The van der Waals surface area contributed by atoms with Crippen molar-refractivity contribution >= 4 is 5.97 Å². The molecule has 0 aliphatic heterocycles. The van der Waals surface area contributed by atoms with Crippen molar-refractivity contribution in [2.24, 2.45) is 5.92 Å². The minimum absolute atomic E-state index is 0.0702. The van der Waals surface area contributed by atoms with Gasteiger partial charge in [-0.05, 0) is 25.7 Å². The third-order valence-corrected chi connectivity index (χ3v) is 2.47. The summed E-state index contributed by atoms with van der Waals surface area (Å²) in [5, 5.41) is 0. The van der Waals surface area contributed by atoms with Gasteiger partial charge in [-0.3, -0.25) is 4.79 Å². The van der Waals surface area contributed by atoms with Crippen LogP contribution in [0, 0.1) is 5.92 Å². The number of rotatable bonds is 8. The first-order valence-corrected chi connectivity index (χ1v) is 5.61. The zero-order valence-electron chi connectivity index (χ0n) is 9.87. The standard InChI is InChI=1S/C13H22O2/c1-4-6-7-8-9-10-11-12(5-2)13(14)15-3/h4,6-7,12H,1,5,8-11H2,2-3H3. The molecular weight excluding hydrogens is 188 g/mol. The summed E-state index contributed by atoms with van der Waals surface area (Å²) in [6.45, 7) is 5.63. The molecule has 1 unspecified atom stereocenters. The van der Waals surface area contributed by atoms with Crippen LogP contribution in [-0.4, -0.2) is 13.1 Å². The van der Waals surface area contributed by atoms with E-state index in [-0.39, 0.29) is 11.9 Å². The van der Waals surface area contributed by atoms with Gasteiger partial charge in [-0.2, -0.15) is 0 Å². The van der Waals surface area contributed by atoms with E-state index in [0.29, 0.717) is 0 Å². The molecule has 0 rings (SSSR count). The number of carbonyl (C=O) groups excluding carboxylic acids is 1. The van der Waals surface area contributed by atoms with E-state index in [0.717, 1.165) is 32.1 Å². The molecule has 0 bridgehead atoms. The molecule has 0 aromatic rings. The summed E-state index contributed by atoms with van der Waals surface area (Å²) in [5.41, 5.74) is 0. The van der Waals surface area contributed by atoms with Gasteiger partial charge in [0.15, 0.2) is 0 Å². The molecule has 86 valence electrons. The normalized spacial score (nSPS) is 12.7. The van der Waals surface area contributed by atoms with Gasteiger partial charge in [-0.15, -0.1) is 0 Å². The molecule has 0 heterocycles. The molecule has 0 saturated heterocycles. The zero-order valence-corrected chi connectivity index (χ0v) is 9.87. The van der Waals surface area contributed by atoms with E-state index in [4.69, 9.17) is 4.74 Å². The summed E-state index contributed by atoms with van der Waals surface area (Å²) in [5.74, 6) is 0.0116. The molecule has 2 nitrogen and oxygen atoms in total. The number of carbonyl (C=O) groups is 1. The molecule has 0 saturated carbocycles. The Morgan fingerprint density at radius 3 is 2.73 bits per heavy atom. The van der Waals surface area contributed by atoms with Crippen LogP contribution in [0.4, 0.5) is 0 Å². The predicted octanol–water partition coefficient (Wildman–Crippen LogP) is 3.49. The molecule has 0 spiro atoms. The van der Waals surface area contributed by atoms with Gasteiger partial charge in [0.25, 0.3) is 0 Å². The largest absolute Gasteiger partial charge is 0.469 e. The molecule has 0 aliphatic carbocycles. The van der Waals surface area contributed by atoms with E-state index in [1.807, 2.05) is 13.0 Å². The van der Waals surface area contributed by atoms with Crippen LogP contribution in [0.3, 0.4) is 0 Å². The fourth-order valence-electron chi connectivity index (χ4n) is 1.50. The van der Waals surface area contributed by atoms with Gasteiger partial charge < -0.3 is 4.74 Å². The van der Waals surface area contributed by atoms with Gasteiger partial charge in [-0.1, -0.05) is 38.2 Å². The molecule has 0 aromatic carbocycles. The van der Waals surface area contributed by atoms with Crippen molar-refractivity contribution in [3.8, 4) is 0 Å². The second-order valence-corrected chi connectivity index (χ2v) is 3.58. The summed E-state index contributed by atoms with van der Waals surface area (Å²) in [4.78, 5) is 11.3. The molecule has 1 atom stereocenters. The second kappa shape index (κ2) is 9.50. The Morgan fingerprint density at radius 1 is 1.47 bits per heavy atom. The van der Waals surface area contributed by atoms with Crippen LogP contribution in [0.25, 0.3) is 0 Å². The molecule has 0 aromatic heterocycles. The summed E-state index contributed by atoms with van der Waals surface area (Å²) < 4.78 is 4.73. The third-order valence-electron chi connectivity index (χ3n) is 2.47. The lowest BCUT2D eigenvalue weighted by atomic mass is 9.99. The highest BCUT2D eigenvalue weighted by Gasteiger charge is 2.15. The van der Waals surface area contributed by atoms with E-state index in [1.54, 1.807) is 6.08 Å². The Bertz CT molecular complexity index is 207. The van der Waals surface area contributed by atoms with Crippen LogP contribution in [0.15, 0.2) is 24.8 Å². The Balaban J connectivity index is 3.59. The van der Waals surface area contributed by atoms with Crippen LogP contribution < -0.4 is 0 Å². The van der Waals surface area contributed by atoms with Crippen molar-refractivity contribution < 1.29 is 9.53 Å². The highest BCUT2D eigenvalue weighted by Crippen LogP contribution is 2.15. The van der Waals surface area contributed by atoms with Crippen LogP contribution in [0.5, 0.6) is 0 Å². The maximum Gasteiger partial charge on any atom is 0.308 e. The van der Waals surface area contributed by atoms with Gasteiger partial charge in [0.2, 0.25) is 0 Å². The van der Waals surface area contributed by atoms with E-state index in [1.165, 1.54) is 7.11 Å². The molecule has 0 fully saturated rings. The van der Waals surface area contributed by atoms with Gasteiger partial charge >= 0.3 is 5.97 Å². The fraction of sp³-hybridized carbons (Fsp3) is 0.615. The molecule has 0 N–H and O–H groups in total. The lowest BCUT2D eigenvalue weighted by molar-refractivity contribution is -0.145. The molecule has 0 radical (unpaired) electrons. The number of hydrogen-bond acceptors (Lipinski definition) is 2. The first kappa shape index (κ1) is 13.9. The van der Waals surface area contributed by atoms with Crippen LogP contribution >= 0.6 is 0 Å². The van der Waals surface area contributed by atoms with Crippen molar-refractivity contribution in [2.45, 2.75) is 39.0 Å². The average molecular weight is 210 g/mol. The van der Waals surface area contributed by atoms with E-state index >= 15 is 0 Å².